The molecule has 1 N–H and O–H groups in total. The number of benzene rings is 3. The molecule has 2 aliphatic heterocycles. The van der Waals surface area contributed by atoms with E-state index in [1.807, 2.05) is 91.0 Å². The molecule has 19 heteroatoms. The van der Waals surface area contributed by atoms with Crippen molar-refractivity contribution in [3.63, 3.8) is 0 Å². The summed E-state index contributed by atoms with van der Waals surface area (Å²) in [6.07, 6.45) is -16.7. The first-order chi connectivity index (χ1) is 32.6. The van der Waals surface area contributed by atoms with Gasteiger partial charge < -0.3 is 61.9 Å². The number of esters is 6. The van der Waals surface area contributed by atoms with Crippen molar-refractivity contribution >= 4 is 35.8 Å². The molecule has 68 heavy (non-hydrogen) atoms. The van der Waals surface area contributed by atoms with E-state index in [0.29, 0.717) is 0 Å². The van der Waals surface area contributed by atoms with Gasteiger partial charge in [-0.3, -0.25) is 24.0 Å². The quantitative estimate of drug-likeness (QED) is 0.112. The maximum Gasteiger partial charge on any atom is 0.341 e. The Labute approximate surface area is 394 Å². The Morgan fingerprint density at radius 1 is 0.662 bits per heavy atom. The molecule has 12 atom stereocenters. The number of ether oxygens (including phenoxy) is 12. The van der Waals surface area contributed by atoms with Crippen molar-refractivity contribution in [3.8, 4) is 0 Å². The summed E-state index contributed by atoms with van der Waals surface area (Å²) in [5.41, 5.74) is -0.392. The van der Waals surface area contributed by atoms with Gasteiger partial charge in [-0.05, 0) is 16.7 Å². The second-order valence-electron chi connectivity index (χ2n) is 16.2. The zero-order valence-corrected chi connectivity index (χ0v) is 39.0. The van der Waals surface area contributed by atoms with Crippen LogP contribution in [-0.4, -0.2) is 135 Å². The van der Waals surface area contributed by atoms with Crippen LogP contribution in [0.4, 0.5) is 0 Å². The van der Waals surface area contributed by atoms with Crippen molar-refractivity contribution in [2.75, 3.05) is 27.4 Å². The normalized spacial score (nSPS) is 25.9. The predicted molar refractivity (Wildman–Crippen MR) is 234 cm³/mol. The average Bonchev–Trinajstić information content (AvgIpc) is 3.31. The number of aliphatic hydroxyl groups excluding tert-OH is 1. The van der Waals surface area contributed by atoms with Gasteiger partial charge in [-0.25, -0.2) is 4.79 Å². The van der Waals surface area contributed by atoms with Crippen LogP contribution < -0.4 is 0 Å². The number of carbonyl (C=O) groups is 6. The molecule has 0 saturated carbocycles. The van der Waals surface area contributed by atoms with Gasteiger partial charge in [-0.2, -0.15) is 0 Å². The molecule has 2 saturated heterocycles. The number of hydrogen-bond donors (Lipinski definition) is 1. The summed E-state index contributed by atoms with van der Waals surface area (Å²) < 4.78 is 72.2. The third-order valence-corrected chi connectivity index (χ3v) is 11.2. The van der Waals surface area contributed by atoms with E-state index >= 15 is 0 Å². The SMILES string of the molecule is COC(=O)[C@@]1(C(O)[C@H]2[C@@H](OCc3ccccc3)[C@@H](COCc3ccccc3)O[C@H](OC)[C@@H]2OCc2ccccc2)C[C@H](OC(C)=O)[C@@H](OC(C)=O)[C@H]([C@H](OC(C)=O)[C@@H](COC(C)=O)OC(C)=O)O1. The molecule has 2 heterocycles. The molecule has 0 radical (unpaired) electrons. The average molecular weight is 953 g/mol. The molecule has 1 unspecified atom stereocenters. The van der Waals surface area contributed by atoms with Crippen LogP contribution in [0.2, 0.25) is 0 Å². The van der Waals surface area contributed by atoms with Crippen molar-refractivity contribution < 1.29 is 90.7 Å². The molecule has 19 nitrogen and oxygen atoms in total. The van der Waals surface area contributed by atoms with Gasteiger partial charge in [0, 0.05) is 54.1 Å². The lowest BCUT2D eigenvalue weighted by Crippen LogP contribution is -2.72. The third-order valence-electron chi connectivity index (χ3n) is 11.2. The Morgan fingerprint density at radius 3 is 1.68 bits per heavy atom. The van der Waals surface area contributed by atoms with Crippen molar-refractivity contribution in [2.45, 2.75) is 128 Å². The molecular formula is C49H60O19. The number of hydrogen-bond acceptors (Lipinski definition) is 19. The van der Waals surface area contributed by atoms with Gasteiger partial charge in [0.1, 0.15) is 37.1 Å². The number of methoxy groups -OCH3 is 2. The van der Waals surface area contributed by atoms with Gasteiger partial charge in [0.15, 0.2) is 30.2 Å². The Hall–Kier alpha value is -5.80. The molecule has 0 amide bonds. The minimum Gasteiger partial charge on any atom is -0.467 e. The molecular weight excluding hydrogens is 893 g/mol. The summed E-state index contributed by atoms with van der Waals surface area (Å²) in [6, 6.07) is 27.5. The summed E-state index contributed by atoms with van der Waals surface area (Å²) >= 11 is 0. The van der Waals surface area contributed by atoms with Gasteiger partial charge in [0.05, 0.1) is 39.6 Å². The Kier molecular flexibility index (Phi) is 20.0. The lowest BCUT2D eigenvalue weighted by Gasteiger charge is -2.54. The van der Waals surface area contributed by atoms with E-state index in [-0.39, 0.29) is 26.4 Å². The fourth-order valence-electron chi connectivity index (χ4n) is 8.41. The fourth-order valence-corrected chi connectivity index (χ4v) is 8.41. The van der Waals surface area contributed by atoms with E-state index in [4.69, 9.17) is 56.8 Å². The molecule has 370 valence electrons. The van der Waals surface area contributed by atoms with Gasteiger partial charge in [0.25, 0.3) is 0 Å². The smallest absolute Gasteiger partial charge is 0.341 e. The second kappa shape index (κ2) is 25.5. The van der Waals surface area contributed by atoms with Crippen LogP contribution in [0, 0.1) is 5.92 Å². The number of rotatable bonds is 22. The molecule has 0 aromatic heterocycles. The standard InChI is InChI=1S/C49H60O19/c1-29(50)60-28-39(64-31(3)52)43(66-33(5)54)45-42(65-32(4)53)37(63-30(2)51)23-49(68-45,48(56)58-7)46(55)40-41(61-25-35-19-13-9-14-20-35)38(27-59-24-34-17-11-8-12-18-34)67-47(57-6)44(40)62-26-36-21-15-10-16-22-36/h8-22,37-47,55H,23-28H2,1-7H3/t37-,38+,39+,40-,41-,42+,43+,44+,45+,46?,47-,49-/m0/s1. The van der Waals surface area contributed by atoms with Crippen LogP contribution in [0.25, 0.3) is 0 Å². The second-order valence-corrected chi connectivity index (χ2v) is 16.2. The lowest BCUT2D eigenvalue weighted by atomic mass is 9.72. The van der Waals surface area contributed by atoms with Gasteiger partial charge >= 0.3 is 35.8 Å². The topological polar surface area (TPSA) is 233 Å². The monoisotopic (exact) mass is 952 g/mol. The van der Waals surface area contributed by atoms with E-state index < -0.39 is 122 Å². The summed E-state index contributed by atoms with van der Waals surface area (Å²) in [5.74, 6) is -7.25. The van der Waals surface area contributed by atoms with Crippen LogP contribution in [-0.2, 0) is 105 Å². The van der Waals surface area contributed by atoms with Crippen LogP contribution in [0.5, 0.6) is 0 Å². The van der Waals surface area contributed by atoms with E-state index in [1.165, 1.54) is 7.11 Å². The summed E-state index contributed by atoms with van der Waals surface area (Å²) in [6.45, 7) is 4.37. The molecule has 0 spiro atoms. The van der Waals surface area contributed by atoms with E-state index in [1.54, 1.807) is 0 Å². The number of carbonyl (C=O) groups excluding carboxylic acids is 6. The highest BCUT2D eigenvalue weighted by Gasteiger charge is 2.66. The van der Waals surface area contributed by atoms with E-state index in [0.717, 1.165) is 58.4 Å². The van der Waals surface area contributed by atoms with Crippen LogP contribution >= 0.6 is 0 Å². The Bertz CT molecular complexity index is 2100. The van der Waals surface area contributed by atoms with E-state index in [9.17, 15) is 33.9 Å². The molecule has 0 aliphatic carbocycles. The lowest BCUT2D eigenvalue weighted by molar-refractivity contribution is -0.335. The van der Waals surface area contributed by atoms with Gasteiger partial charge in [0.2, 0.25) is 0 Å². The van der Waals surface area contributed by atoms with E-state index in [2.05, 4.69) is 0 Å². The van der Waals surface area contributed by atoms with Gasteiger partial charge in [-0.1, -0.05) is 91.0 Å². The third kappa shape index (κ3) is 14.4. The maximum atomic E-state index is 14.8. The molecule has 3 aromatic carbocycles. The molecule has 3 aromatic rings. The zero-order chi connectivity index (χ0) is 49.4. The van der Waals surface area contributed by atoms with Gasteiger partial charge in [-0.15, -0.1) is 0 Å². The highest BCUT2D eigenvalue weighted by atomic mass is 16.7. The van der Waals surface area contributed by atoms with Crippen molar-refractivity contribution in [1.29, 1.82) is 0 Å². The summed E-state index contributed by atoms with van der Waals surface area (Å²) in [5, 5.41) is 13.4. The highest BCUT2D eigenvalue weighted by Crippen LogP contribution is 2.45. The van der Waals surface area contributed by atoms with Crippen LogP contribution in [0.1, 0.15) is 57.7 Å². The van der Waals surface area contributed by atoms with Crippen LogP contribution in [0.15, 0.2) is 91.0 Å². The first kappa shape index (κ1) is 53.2. The van der Waals surface area contributed by atoms with Crippen molar-refractivity contribution in [2.24, 2.45) is 5.92 Å². The maximum absolute atomic E-state index is 14.8. The van der Waals surface area contributed by atoms with Crippen molar-refractivity contribution in [3.05, 3.63) is 108 Å². The molecule has 2 aliphatic rings. The molecule has 0 bridgehead atoms. The predicted octanol–water partition coefficient (Wildman–Crippen LogP) is 3.71. The Morgan fingerprint density at radius 2 is 1.19 bits per heavy atom. The highest BCUT2D eigenvalue weighted by molar-refractivity contribution is 5.81. The summed E-state index contributed by atoms with van der Waals surface area (Å²) in [4.78, 5) is 78.4. The zero-order valence-electron chi connectivity index (χ0n) is 39.0. The fraction of sp³-hybridized carbons (Fsp3) is 0.510. The van der Waals surface area contributed by atoms with Crippen LogP contribution in [0.3, 0.4) is 0 Å². The largest absolute Gasteiger partial charge is 0.467 e. The summed E-state index contributed by atoms with van der Waals surface area (Å²) in [7, 11) is 2.39. The van der Waals surface area contributed by atoms with Crippen molar-refractivity contribution in [1.82, 2.24) is 0 Å². The molecule has 2 fully saturated rings. The number of aliphatic hydroxyl groups is 1. The minimum atomic E-state index is -2.69. The minimum absolute atomic E-state index is 0.0512. The first-order valence-electron chi connectivity index (χ1n) is 21.9. The molecule has 5 rings (SSSR count). The first-order valence-corrected chi connectivity index (χ1v) is 21.9. The Balaban J connectivity index is 1.74.